The first kappa shape index (κ1) is 24.4. The Bertz CT molecular complexity index is 998. The predicted molar refractivity (Wildman–Crippen MR) is 126 cm³/mol. The fraction of sp³-hybridized carbons (Fsp3) is 0.440. The van der Waals surface area contributed by atoms with E-state index in [4.69, 9.17) is 9.47 Å². The summed E-state index contributed by atoms with van der Waals surface area (Å²) >= 11 is 0. The molecule has 0 spiro atoms. The van der Waals surface area contributed by atoms with Gasteiger partial charge in [-0.1, -0.05) is 24.3 Å². The average molecular weight is 456 g/mol. The van der Waals surface area contributed by atoms with E-state index < -0.39 is 23.5 Å². The molecule has 2 aromatic rings. The summed E-state index contributed by atoms with van der Waals surface area (Å²) in [5, 5.41) is 21.1. The Kier molecular flexibility index (Phi) is 6.88. The van der Waals surface area contributed by atoms with E-state index in [1.165, 1.54) is 0 Å². The van der Waals surface area contributed by atoms with Crippen LogP contribution in [0.3, 0.4) is 0 Å². The quantitative estimate of drug-likeness (QED) is 0.713. The van der Waals surface area contributed by atoms with Crippen molar-refractivity contribution in [3.8, 4) is 11.5 Å². The first-order valence-electron chi connectivity index (χ1n) is 10.8. The molecular weight excluding hydrogens is 422 g/mol. The lowest BCUT2D eigenvalue weighted by atomic mass is 9.82. The normalized spacial score (nSPS) is 22.0. The summed E-state index contributed by atoms with van der Waals surface area (Å²) < 4.78 is 10.6. The third-order valence-electron chi connectivity index (χ3n) is 5.83. The molecule has 1 fully saturated rings. The van der Waals surface area contributed by atoms with Gasteiger partial charge in [-0.15, -0.1) is 4.99 Å². The van der Waals surface area contributed by atoms with E-state index in [2.05, 4.69) is 4.99 Å². The molecule has 8 heteroatoms. The van der Waals surface area contributed by atoms with Crippen LogP contribution in [0, 0.1) is 0 Å². The van der Waals surface area contributed by atoms with Crippen LogP contribution in [-0.4, -0.2) is 70.6 Å². The highest BCUT2D eigenvalue weighted by molar-refractivity contribution is 5.92. The van der Waals surface area contributed by atoms with E-state index in [-0.39, 0.29) is 5.75 Å². The Labute approximate surface area is 195 Å². The van der Waals surface area contributed by atoms with Crippen molar-refractivity contribution in [2.45, 2.75) is 51.0 Å². The number of amides is 1. The molecule has 2 atom stereocenters. The topological polar surface area (TPSA) is 94.8 Å². The van der Waals surface area contributed by atoms with Gasteiger partial charge in [0.25, 0.3) is 0 Å². The summed E-state index contributed by atoms with van der Waals surface area (Å²) in [4.78, 5) is 20.1. The van der Waals surface area contributed by atoms with Gasteiger partial charge in [0.2, 0.25) is 5.96 Å². The van der Waals surface area contributed by atoms with Gasteiger partial charge in [-0.2, -0.15) is 0 Å². The lowest BCUT2D eigenvalue weighted by Crippen LogP contribution is -2.54. The minimum absolute atomic E-state index is 0.174. The summed E-state index contributed by atoms with van der Waals surface area (Å²) in [5.41, 5.74) is 0.412. The smallest absolute Gasteiger partial charge is 0.437 e. The summed E-state index contributed by atoms with van der Waals surface area (Å²) in [6.45, 7) is 5.34. The average Bonchev–Trinajstić information content (AvgIpc) is 2.91. The molecule has 1 heterocycles. The van der Waals surface area contributed by atoms with Crippen molar-refractivity contribution in [1.29, 1.82) is 0 Å². The van der Waals surface area contributed by atoms with Gasteiger partial charge in [-0.25, -0.2) is 4.79 Å². The largest absolute Gasteiger partial charge is 0.508 e. The number of guanidine groups is 1. The van der Waals surface area contributed by atoms with Crippen LogP contribution in [0.1, 0.15) is 31.9 Å². The zero-order chi connectivity index (χ0) is 24.4. The van der Waals surface area contributed by atoms with E-state index in [1.807, 2.05) is 48.3 Å². The highest BCUT2D eigenvalue weighted by atomic mass is 16.6. The van der Waals surface area contributed by atoms with Crippen LogP contribution in [-0.2, 0) is 17.6 Å². The molecule has 1 aliphatic heterocycles. The fourth-order valence-corrected chi connectivity index (χ4v) is 4.15. The number of likely N-dealkylation sites (N-methyl/N-ethyl adjacent to an activating group) is 2. The number of hydrogen-bond acceptors (Lipinski definition) is 5. The second-order valence-electron chi connectivity index (χ2n) is 9.41. The first-order valence-corrected chi connectivity index (χ1v) is 10.8. The molecule has 1 saturated heterocycles. The van der Waals surface area contributed by atoms with Gasteiger partial charge >= 0.3 is 6.09 Å². The van der Waals surface area contributed by atoms with E-state index in [9.17, 15) is 15.0 Å². The summed E-state index contributed by atoms with van der Waals surface area (Å²) in [7, 11) is 5.14. The maximum atomic E-state index is 12.5. The Hall–Kier alpha value is -3.26. The van der Waals surface area contributed by atoms with Crippen LogP contribution in [0.4, 0.5) is 4.79 Å². The third kappa shape index (κ3) is 5.39. The Morgan fingerprint density at radius 1 is 1.03 bits per heavy atom. The zero-order valence-corrected chi connectivity index (χ0v) is 20.1. The fourth-order valence-electron chi connectivity index (χ4n) is 4.15. The molecule has 1 amide bonds. The van der Waals surface area contributed by atoms with Crippen LogP contribution in [0.5, 0.6) is 11.5 Å². The van der Waals surface area contributed by atoms with E-state index in [0.29, 0.717) is 18.8 Å². The highest BCUT2D eigenvalue weighted by Crippen LogP contribution is 2.37. The van der Waals surface area contributed by atoms with Crippen LogP contribution in [0.25, 0.3) is 0 Å². The molecule has 2 aromatic carbocycles. The second kappa shape index (κ2) is 9.31. The van der Waals surface area contributed by atoms with E-state index >= 15 is 0 Å². The monoisotopic (exact) mass is 455 g/mol. The maximum absolute atomic E-state index is 12.5. The van der Waals surface area contributed by atoms with Gasteiger partial charge in [0.05, 0.1) is 12.6 Å². The van der Waals surface area contributed by atoms with Crippen LogP contribution in [0.15, 0.2) is 53.5 Å². The number of methoxy groups -OCH3 is 1. The molecule has 33 heavy (non-hydrogen) atoms. The van der Waals surface area contributed by atoms with Crippen LogP contribution < -0.4 is 4.74 Å². The standard InChI is InChI=1S/C25H33N3O5/c1-24(2,3)33-23(31)26-22-27(4)21(30)25(28(22)5,15-17-7-11-19(29)12-8-17)16-18-9-13-20(32-6)14-10-18/h7-14,21,29-30H,15-16H2,1-6H3/b26-22+. The molecule has 0 aromatic heterocycles. The third-order valence-corrected chi connectivity index (χ3v) is 5.83. The highest BCUT2D eigenvalue weighted by Gasteiger charge is 2.53. The van der Waals surface area contributed by atoms with Crippen LogP contribution >= 0.6 is 0 Å². The number of phenolic OH excluding ortho intramolecular Hbond substituents is 1. The van der Waals surface area contributed by atoms with Crippen molar-refractivity contribution in [1.82, 2.24) is 9.80 Å². The summed E-state index contributed by atoms with van der Waals surface area (Å²) in [6, 6.07) is 14.6. The zero-order valence-electron chi connectivity index (χ0n) is 20.1. The van der Waals surface area contributed by atoms with Gasteiger partial charge in [0.15, 0.2) is 6.23 Å². The van der Waals surface area contributed by atoms with Gasteiger partial charge < -0.3 is 29.5 Å². The molecule has 0 aliphatic carbocycles. The number of aliphatic hydroxyl groups excluding tert-OH is 1. The van der Waals surface area contributed by atoms with Crippen molar-refractivity contribution in [3.05, 3.63) is 59.7 Å². The number of phenols is 1. The van der Waals surface area contributed by atoms with E-state index in [1.54, 1.807) is 52.0 Å². The Morgan fingerprint density at radius 2 is 1.55 bits per heavy atom. The van der Waals surface area contributed by atoms with Gasteiger partial charge in [0, 0.05) is 26.9 Å². The van der Waals surface area contributed by atoms with Crippen molar-refractivity contribution in [2.75, 3.05) is 21.2 Å². The number of aliphatic imine (C=N–C) groups is 1. The summed E-state index contributed by atoms with van der Waals surface area (Å²) in [6.07, 6.45) is -0.741. The van der Waals surface area contributed by atoms with Crippen LogP contribution in [0.2, 0.25) is 0 Å². The SMILES string of the molecule is COc1ccc(CC2(Cc3ccc(O)cc3)C(O)N(C)/C(=N\C(=O)OC(C)(C)C)N2C)cc1. The molecule has 8 nitrogen and oxygen atoms in total. The maximum Gasteiger partial charge on any atom is 0.437 e. The van der Waals surface area contributed by atoms with Crippen molar-refractivity contribution in [3.63, 3.8) is 0 Å². The predicted octanol–water partition coefficient (Wildman–Crippen LogP) is 3.41. The molecule has 3 rings (SSSR count). The Balaban J connectivity index is 2.02. The number of carbonyl (C=O) groups excluding carboxylic acids is 1. The number of nitrogens with zero attached hydrogens (tertiary/aromatic N) is 3. The second-order valence-corrected chi connectivity index (χ2v) is 9.41. The molecule has 2 N–H and O–H groups in total. The molecule has 0 bridgehead atoms. The number of aliphatic hydroxyl groups is 1. The molecule has 2 unspecified atom stereocenters. The number of hydrogen-bond donors (Lipinski definition) is 2. The van der Waals surface area contributed by atoms with Crippen molar-refractivity contribution in [2.24, 2.45) is 4.99 Å². The minimum Gasteiger partial charge on any atom is -0.508 e. The minimum atomic E-state index is -0.959. The number of carbonyl (C=O) groups is 1. The molecule has 0 radical (unpaired) electrons. The van der Waals surface area contributed by atoms with Crippen molar-refractivity contribution >= 4 is 12.1 Å². The number of aromatic hydroxyl groups is 1. The lowest BCUT2D eigenvalue weighted by Gasteiger charge is -2.38. The molecule has 0 saturated carbocycles. The number of ether oxygens (including phenoxy) is 2. The Morgan fingerprint density at radius 3 is 2.03 bits per heavy atom. The summed E-state index contributed by atoms with van der Waals surface area (Å²) in [5.74, 6) is 1.24. The van der Waals surface area contributed by atoms with Gasteiger partial charge in [-0.3, -0.25) is 0 Å². The number of rotatable bonds is 5. The first-order chi connectivity index (χ1) is 15.4. The molecular formula is C25H33N3O5. The molecule has 178 valence electrons. The van der Waals surface area contributed by atoms with Gasteiger partial charge in [-0.05, 0) is 56.2 Å². The molecule has 1 aliphatic rings. The number of benzene rings is 2. The lowest BCUT2D eigenvalue weighted by molar-refractivity contribution is -0.00984. The van der Waals surface area contributed by atoms with Gasteiger partial charge in [0.1, 0.15) is 17.1 Å². The van der Waals surface area contributed by atoms with Crippen molar-refractivity contribution < 1.29 is 24.5 Å². The van der Waals surface area contributed by atoms with E-state index in [0.717, 1.165) is 16.9 Å².